The molecule has 2 N–H and O–H groups in total. The van der Waals surface area contributed by atoms with Gasteiger partial charge in [-0.2, -0.15) is 0 Å². The van der Waals surface area contributed by atoms with Crippen molar-refractivity contribution in [3.8, 4) is 5.75 Å². The molecule has 1 aromatic carbocycles. The van der Waals surface area contributed by atoms with E-state index in [1.54, 1.807) is 6.20 Å². The summed E-state index contributed by atoms with van der Waals surface area (Å²) in [5, 5.41) is 13.9. The lowest BCUT2D eigenvalue weighted by Gasteiger charge is -2.28. The van der Waals surface area contributed by atoms with E-state index in [0.717, 1.165) is 47.6 Å². The first-order chi connectivity index (χ1) is 12.1. The normalized spacial score (nSPS) is 25.2. The fourth-order valence-corrected chi connectivity index (χ4v) is 3.57. The van der Waals surface area contributed by atoms with E-state index in [0.29, 0.717) is 12.5 Å². The Morgan fingerprint density at radius 2 is 2.12 bits per heavy atom. The maximum Gasteiger partial charge on any atom is 0.161 e. The van der Waals surface area contributed by atoms with Gasteiger partial charge in [0.25, 0.3) is 0 Å². The number of hydrogen-bond donors (Lipinski definition) is 2. The quantitative estimate of drug-likeness (QED) is 0.806. The molecular formula is C21H30N2O2. The van der Waals surface area contributed by atoms with Crippen LogP contribution in [0.2, 0.25) is 0 Å². The molecule has 25 heavy (non-hydrogen) atoms. The van der Waals surface area contributed by atoms with Crippen LogP contribution >= 0.6 is 0 Å². The van der Waals surface area contributed by atoms with Gasteiger partial charge in [0.05, 0.1) is 23.5 Å². The minimum absolute atomic E-state index is 0.0197. The summed E-state index contributed by atoms with van der Waals surface area (Å²) in [7, 11) is 0. The topological polar surface area (TPSA) is 54.4 Å². The molecule has 4 heteroatoms. The predicted molar refractivity (Wildman–Crippen MR) is 103 cm³/mol. The number of hydrogen-bond acceptors (Lipinski definition) is 4. The molecule has 2 aliphatic rings. The number of benzene rings is 1. The van der Waals surface area contributed by atoms with Crippen LogP contribution in [0, 0.1) is 11.8 Å². The molecule has 0 radical (unpaired) electrons. The lowest BCUT2D eigenvalue weighted by atomic mass is 9.82. The molecule has 1 fully saturated rings. The molecule has 1 saturated carbocycles. The van der Waals surface area contributed by atoms with Gasteiger partial charge in [-0.05, 0) is 48.8 Å². The van der Waals surface area contributed by atoms with E-state index in [2.05, 4.69) is 49.3 Å². The van der Waals surface area contributed by atoms with Gasteiger partial charge >= 0.3 is 0 Å². The second kappa shape index (κ2) is 8.05. The maximum absolute atomic E-state index is 9.35. The van der Waals surface area contributed by atoms with E-state index in [-0.39, 0.29) is 6.10 Å². The highest BCUT2D eigenvalue weighted by Crippen LogP contribution is 2.34. The summed E-state index contributed by atoms with van der Waals surface area (Å²) in [6.45, 7) is 8.09. The Morgan fingerprint density at radius 1 is 1.28 bits per heavy atom. The molecule has 136 valence electrons. The summed E-state index contributed by atoms with van der Waals surface area (Å²) < 4.78 is 5.58. The summed E-state index contributed by atoms with van der Waals surface area (Å²) in [5.74, 6) is 2.16. The SMILES string of the molecule is CC1CC[C@H](C)CC1O.CCc1ccc2ncc3c(c2c1)NCCO3. The van der Waals surface area contributed by atoms with Crippen molar-refractivity contribution in [3.05, 3.63) is 30.0 Å². The van der Waals surface area contributed by atoms with Crippen molar-refractivity contribution in [2.24, 2.45) is 11.8 Å². The third kappa shape index (κ3) is 4.24. The van der Waals surface area contributed by atoms with Gasteiger partial charge in [0, 0.05) is 11.9 Å². The molecule has 4 nitrogen and oxygen atoms in total. The van der Waals surface area contributed by atoms with Crippen LogP contribution in [0.25, 0.3) is 10.9 Å². The van der Waals surface area contributed by atoms with E-state index >= 15 is 0 Å². The number of nitrogens with one attached hydrogen (secondary N) is 1. The van der Waals surface area contributed by atoms with Crippen LogP contribution < -0.4 is 10.1 Å². The van der Waals surface area contributed by atoms with Crippen LogP contribution in [0.3, 0.4) is 0 Å². The number of aliphatic hydroxyl groups is 1. The van der Waals surface area contributed by atoms with E-state index in [1.165, 1.54) is 18.4 Å². The van der Waals surface area contributed by atoms with Crippen molar-refractivity contribution in [1.29, 1.82) is 0 Å². The number of aromatic nitrogens is 1. The zero-order valence-electron chi connectivity index (χ0n) is 15.6. The van der Waals surface area contributed by atoms with Crippen LogP contribution in [0.5, 0.6) is 5.75 Å². The van der Waals surface area contributed by atoms with E-state index < -0.39 is 0 Å². The van der Waals surface area contributed by atoms with Crippen molar-refractivity contribution in [2.45, 2.75) is 52.6 Å². The highest BCUT2D eigenvalue weighted by molar-refractivity contribution is 5.95. The molecule has 3 atom stereocenters. The van der Waals surface area contributed by atoms with Crippen molar-refractivity contribution in [1.82, 2.24) is 4.98 Å². The highest BCUT2D eigenvalue weighted by atomic mass is 16.5. The molecule has 2 aromatic rings. The second-order valence-corrected chi connectivity index (χ2v) is 7.44. The van der Waals surface area contributed by atoms with E-state index in [1.807, 2.05) is 0 Å². The van der Waals surface area contributed by atoms with Crippen LogP contribution in [-0.2, 0) is 6.42 Å². The summed E-state index contributed by atoms with van der Waals surface area (Å²) in [6.07, 6.45) is 6.35. The third-order valence-electron chi connectivity index (χ3n) is 5.38. The maximum atomic E-state index is 9.35. The lowest BCUT2D eigenvalue weighted by Crippen LogP contribution is -2.25. The molecule has 0 spiro atoms. The summed E-state index contributed by atoms with van der Waals surface area (Å²) in [4.78, 5) is 4.40. The number of aliphatic hydroxyl groups excluding tert-OH is 1. The smallest absolute Gasteiger partial charge is 0.161 e. The number of pyridine rings is 1. The number of nitrogens with zero attached hydrogens (tertiary/aromatic N) is 1. The zero-order chi connectivity index (χ0) is 17.8. The Morgan fingerprint density at radius 3 is 2.84 bits per heavy atom. The number of aryl methyl sites for hydroxylation is 1. The minimum Gasteiger partial charge on any atom is -0.488 e. The molecule has 2 heterocycles. The average Bonchev–Trinajstić information content (AvgIpc) is 2.65. The Kier molecular flexibility index (Phi) is 5.79. The summed E-state index contributed by atoms with van der Waals surface area (Å²) >= 11 is 0. The van der Waals surface area contributed by atoms with Gasteiger partial charge in [0.15, 0.2) is 5.75 Å². The second-order valence-electron chi connectivity index (χ2n) is 7.44. The van der Waals surface area contributed by atoms with Gasteiger partial charge in [-0.3, -0.25) is 4.98 Å². The molecule has 0 saturated heterocycles. The molecule has 0 bridgehead atoms. The van der Waals surface area contributed by atoms with Crippen LogP contribution in [0.4, 0.5) is 5.69 Å². The number of fused-ring (bicyclic) bond motifs is 3. The minimum atomic E-state index is -0.0197. The van der Waals surface area contributed by atoms with Gasteiger partial charge in [-0.25, -0.2) is 0 Å². The first-order valence-corrected chi connectivity index (χ1v) is 9.54. The van der Waals surface area contributed by atoms with Crippen molar-refractivity contribution in [3.63, 3.8) is 0 Å². The predicted octanol–water partition coefficient (Wildman–Crippen LogP) is 4.40. The average molecular weight is 342 g/mol. The number of ether oxygens (including phenoxy) is 1. The van der Waals surface area contributed by atoms with Gasteiger partial charge in [-0.15, -0.1) is 0 Å². The largest absolute Gasteiger partial charge is 0.488 e. The molecule has 1 aromatic heterocycles. The van der Waals surface area contributed by atoms with Gasteiger partial charge in [0.2, 0.25) is 0 Å². The van der Waals surface area contributed by atoms with E-state index in [4.69, 9.17) is 4.74 Å². The molecule has 2 unspecified atom stereocenters. The molecular weight excluding hydrogens is 312 g/mol. The fraction of sp³-hybridized carbons (Fsp3) is 0.571. The Balaban J connectivity index is 0.000000173. The molecule has 1 aliphatic carbocycles. The van der Waals surface area contributed by atoms with Crippen LogP contribution in [0.1, 0.15) is 45.6 Å². The van der Waals surface area contributed by atoms with Crippen molar-refractivity contribution in [2.75, 3.05) is 18.5 Å². The monoisotopic (exact) mass is 342 g/mol. The zero-order valence-corrected chi connectivity index (χ0v) is 15.6. The first-order valence-electron chi connectivity index (χ1n) is 9.54. The van der Waals surface area contributed by atoms with E-state index in [9.17, 15) is 5.11 Å². The third-order valence-corrected chi connectivity index (χ3v) is 5.38. The first kappa shape index (κ1) is 18.0. The lowest BCUT2D eigenvalue weighted by molar-refractivity contribution is 0.0577. The molecule has 4 rings (SSSR count). The fourth-order valence-electron chi connectivity index (χ4n) is 3.57. The Labute approximate surface area is 150 Å². The molecule has 0 amide bonds. The van der Waals surface area contributed by atoms with Gasteiger partial charge < -0.3 is 15.2 Å². The van der Waals surface area contributed by atoms with Crippen molar-refractivity contribution >= 4 is 16.6 Å². The molecule has 1 aliphatic heterocycles. The van der Waals surface area contributed by atoms with Gasteiger partial charge in [-0.1, -0.05) is 33.3 Å². The van der Waals surface area contributed by atoms with Crippen LogP contribution in [-0.4, -0.2) is 29.3 Å². The van der Waals surface area contributed by atoms with Crippen molar-refractivity contribution < 1.29 is 9.84 Å². The Hall–Kier alpha value is -1.81. The standard InChI is InChI=1S/C13H14N2O.C8H16O/c1-2-9-3-4-11-10(7-9)13-12(8-15-11)16-6-5-14-13;1-6-3-4-7(2)8(9)5-6/h3-4,7-8,14H,2,5-6H2,1H3;6-9H,3-5H2,1-2H3/t;6-,7?,8?/m.0/s1. The number of rotatable bonds is 1. The highest BCUT2D eigenvalue weighted by Gasteiger charge is 2.22. The number of anilines is 1. The van der Waals surface area contributed by atoms with Crippen LogP contribution in [0.15, 0.2) is 24.4 Å². The Bertz CT molecular complexity index is 711. The van der Waals surface area contributed by atoms with Gasteiger partial charge in [0.1, 0.15) is 6.61 Å². The summed E-state index contributed by atoms with van der Waals surface area (Å²) in [6, 6.07) is 6.40. The summed E-state index contributed by atoms with van der Waals surface area (Å²) in [5.41, 5.74) is 3.44.